The van der Waals surface area contributed by atoms with E-state index in [1.165, 1.54) is 11.5 Å². The normalized spacial score (nSPS) is 19.9. The van der Waals surface area contributed by atoms with Crippen molar-refractivity contribution in [2.24, 2.45) is 5.92 Å². The van der Waals surface area contributed by atoms with Gasteiger partial charge in [0, 0.05) is 29.5 Å². The van der Waals surface area contributed by atoms with Gasteiger partial charge in [-0.05, 0) is 25.5 Å². The average molecular weight is 297 g/mol. The maximum absolute atomic E-state index is 4.75. The lowest BCUT2D eigenvalue weighted by Crippen LogP contribution is -2.21. The number of hydrogen-bond donors (Lipinski definition) is 1. The van der Waals surface area contributed by atoms with E-state index in [-0.39, 0.29) is 0 Å². The molecule has 1 aromatic rings. The Balaban J connectivity index is 2.01. The summed E-state index contributed by atoms with van der Waals surface area (Å²) in [6, 6.07) is 2.09. The molecule has 1 unspecified atom stereocenters. The van der Waals surface area contributed by atoms with Gasteiger partial charge in [0.2, 0.25) is 0 Å². The molecule has 3 nitrogen and oxygen atoms in total. The highest BCUT2D eigenvalue weighted by Crippen LogP contribution is 2.35. The van der Waals surface area contributed by atoms with E-state index in [2.05, 4.69) is 37.1 Å². The predicted octanol–water partition coefficient (Wildman–Crippen LogP) is 3.05. The van der Waals surface area contributed by atoms with E-state index in [1.807, 2.05) is 23.5 Å². The molecule has 1 fully saturated rings. The SMILES string of the molecule is Cc1cc(CNCC(C)C)nc(C2CSCCS2)n1. The first-order valence-electron chi connectivity index (χ1n) is 6.89. The lowest BCUT2D eigenvalue weighted by molar-refractivity contribution is 0.546. The van der Waals surface area contributed by atoms with Crippen LogP contribution >= 0.6 is 23.5 Å². The minimum absolute atomic E-state index is 0.475. The summed E-state index contributed by atoms with van der Waals surface area (Å²) in [5.41, 5.74) is 2.21. The topological polar surface area (TPSA) is 37.8 Å². The number of thioether (sulfide) groups is 2. The van der Waals surface area contributed by atoms with Crippen LogP contribution < -0.4 is 5.32 Å². The quantitative estimate of drug-likeness (QED) is 0.904. The number of nitrogens with one attached hydrogen (secondary N) is 1. The Kier molecular flexibility index (Phi) is 5.98. The molecule has 1 aliphatic rings. The first kappa shape index (κ1) is 15.1. The highest BCUT2D eigenvalue weighted by atomic mass is 32.2. The van der Waals surface area contributed by atoms with Crippen LogP contribution in [-0.2, 0) is 6.54 Å². The van der Waals surface area contributed by atoms with Gasteiger partial charge in [0.15, 0.2) is 0 Å². The molecule has 0 radical (unpaired) electrons. The van der Waals surface area contributed by atoms with Crippen LogP contribution in [0.3, 0.4) is 0 Å². The molecule has 19 heavy (non-hydrogen) atoms. The molecule has 1 atom stereocenters. The van der Waals surface area contributed by atoms with Gasteiger partial charge in [0.05, 0.1) is 10.9 Å². The molecule has 2 heterocycles. The summed E-state index contributed by atoms with van der Waals surface area (Å²) in [7, 11) is 0. The van der Waals surface area contributed by atoms with Gasteiger partial charge >= 0.3 is 0 Å². The van der Waals surface area contributed by atoms with Crippen molar-refractivity contribution in [2.75, 3.05) is 23.8 Å². The summed E-state index contributed by atoms with van der Waals surface area (Å²) >= 11 is 4.01. The lowest BCUT2D eigenvalue weighted by Gasteiger charge is -2.20. The largest absolute Gasteiger partial charge is 0.311 e. The van der Waals surface area contributed by atoms with Gasteiger partial charge < -0.3 is 5.32 Å². The van der Waals surface area contributed by atoms with Gasteiger partial charge in [-0.1, -0.05) is 13.8 Å². The van der Waals surface area contributed by atoms with Crippen LogP contribution in [0.15, 0.2) is 6.07 Å². The zero-order chi connectivity index (χ0) is 13.7. The van der Waals surface area contributed by atoms with Gasteiger partial charge in [0.1, 0.15) is 5.82 Å². The third kappa shape index (κ3) is 4.97. The zero-order valence-corrected chi connectivity index (χ0v) is 13.6. The molecule has 1 aromatic heterocycles. The van der Waals surface area contributed by atoms with Gasteiger partial charge in [-0.25, -0.2) is 9.97 Å². The summed E-state index contributed by atoms with van der Waals surface area (Å²) in [5.74, 6) is 5.32. The molecule has 0 saturated carbocycles. The molecule has 1 N–H and O–H groups in total. The van der Waals surface area contributed by atoms with Crippen LogP contribution in [0.25, 0.3) is 0 Å². The van der Waals surface area contributed by atoms with E-state index in [9.17, 15) is 0 Å². The van der Waals surface area contributed by atoms with Gasteiger partial charge in [-0.3, -0.25) is 0 Å². The Morgan fingerprint density at radius 1 is 1.37 bits per heavy atom. The number of nitrogens with zero attached hydrogens (tertiary/aromatic N) is 2. The van der Waals surface area contributed by atoms with Crippen molar-refractivity contribution in [3.63, 3.8) is 0 Å². The molecule has 106 valence electrons. The van der Waals surface area contributed by atoms with Crippen LogP contribution in [0.4, 0.5) is 0 Å². The number of aromatic nitrogens is 2. The van der Waals surface area contributed by atoms with E-state index >= 15 is 0 Å². The van der Waals surface area contributed by atoms with Crippen LogP contribution in [0.1, 0.15) is 36.3 Å². The Hall–Kier alpha value is -0.260. The average Bonchev–Trinajstić information content (AvgIpc) is 2.39. The third-order valence-corrected chi connectivity index (χ3v) is 5.64. The minimum atomic E-state index is 0.475. The Labute approximate surface area is 124 Å². The van der Waals surface area contributed by atoms with Crippen molar-refractivity contribution in [1.29, 1.82) is 0 Å². The molecule has 0 amide bonds. The van der Waals surface area contributed by atoms with Crippen LogP contribution in [0, 0.1) is 12.8 Å². The van der Waals surface area contributed by atoms with Crippen molar-refractivity contribution in [3.05, 3.63) is 23.3 Å². The van der Waals surface area contributed by atoms with Crippen LogP contribution in [0.5, 0.6) is 0 Å². The monoisotopic (exact) mass is 297 g/mol. The zero-order valence-electron chi connectivity index (χ0n) is 12.0. The maximum atomic E-state index is 4.75. The highest BCUT2D eigenvalue weighted by molar-refractivity contribution is 8.06. The van der Waals surface area contributed by atoms with Crippen LogP contribution in [-0.4, -0.2) is 33.8 Å². The standard InChI is InChI=1S/C14H23N3S2/c1-10(2)7-15-8-12-6-11(3)16-14(17-12)13-9-18-4-5-19-13/h6,10,13,15H,4-5,7-9H2,1-3H3. The maximum Gasteiger partial charge on any atom is 0.142 e. The molecule has 0 bridgehead atoms. The van der Waals surface area contributed by atoms with Gasteiger partial charge in [0.25, 0.3) is 0 Å². The van der Waals surface area contributed by atoms with Crippen molar-refractivity contribution in [3.8, 4) is 0 Å². The second kappa shape index (κ2) is 7.50. The first-order chi connectivity index (χ1) is 9.15. The number of hydrogen-bond acceptors (Lipinski definition) is 5. The molecule has 5 heteroatoms. The van der Waals surface area contributed by atoms with Crippen molar-refractivity contribution >= 4 is 23.5 Å². The smallest absolute Gasteiger partial charge is 0.142 e. The van der Waals surface area contributed by atoms with E-state index in [0.29, 0.717) is 11.2 Å². The summed E-state index contributed by atoms with van der Waals surface area (Å²) in [5, 5.41) is 3.93. The second-order valence-electron chi connectivity index (χ2n) is 5.32. The molecule has 0 aliphatic carbocycles. The van der Waals surface area contributed by atoms with Gasteiger partial charge in [-0.15, -0.1) is 11.8 Å². The van der Waals surface area contributed by atoms with Crippen molar-refractivity contribution < 1.29 is 0 Å². The van der Waals surface area contributed by atoms with E-state index < -0.39 is 0 Å². The van der Waals surface area contributed by atoms with Crippen LogP contribution in [0.2, 0.25) is 0 Å². The lowest BCUT2D eigenvalue weighted by atomic mass is 10.2. The summed E-state index contributed by atoms with van der Waals surface area (Å²) in [6.45, 7) is 8.39. The second-order valence-corrected chi connectivity index (χ2v) is 7.78. The molecule has 1 aliphatic heterocycles. The minimum Gasteiger partial charge on any atom is -0.311 e. The number of rotatable bonds is 5. The molecular formula is C14H23N3S2. The molecule has 0 spiro atoms. The summed E-state index contributed by atoms with van der Waals surface area (Å²) < 4.78 is 0. The Morgan fingerprint density at radius 3 is 2.89 bits per heavy atom. The van der Waals surface area contributed by atoms with E-state index in [0.717, 1.165) is 36.1 Å². The number of aryl methyl sites for hydroxylation is 1. The Bertz CT molecular complexity index is 404. The van der Waals surface area contributed by atoms with E-state index in [1.54, 1.807) is 0 Å². The molecular weight excluding hydrogens is 274 g/mol. The summed E-state index contributed by atoms with van der Waals surface area (Å²) in [6.07, 6.45) is 0. The highest BCUT2D eigenvalue weighted by Gasteiger charge is 2.19. The fourth-order valence-corrected chi connectivity index (χ4v) is 4.62. The van der Waals surface area contributed by atoms with Crippen molar-refractivity contribution in [2.45, 2.75) is 32.6 Å². The van der Waals surface area contributed by atoms with Crippen molar-refractivity contribution in [1.82, 2.24) is 15.3 Å². The van der Waals surface area contributed by atoms with Gasteiger partial charge in [-0.2, -0.15) is 11.8 Å². The summed E-state index contributed by atoms with van der Waals surface area (Å²) in [4.78, 5) is 9.37. The predicted molar refractivity (Wildman–Crippen MR) is 85.8 cm³/mol. The van der Waals surface area contributed by atoms with E-state index in [4.69, 9.17) is 4.98 Å². The molecule has 2 rings (SSSR count). The first-order valence-corrected chi connectivity index (χ1v) is 9.10. The molecule has 0 aromatic carbocycles. The Morgan fingerprint density at radius 2 is 2.21 bits per heavy atom. The fourth-order valence-electron chi connectivity index (χ4n) is 2.02. The molecule has 1 saturated heterocycles. The fraction of sp³-hybridized carbons (Fsp3) is 0.714. The third-order valence-electron chi connectivity index (χ3n) is 2.89.